The molecule has 0 spiro atoms. The number of hydrogen-bond donors (Lipinski definition) is 7. The van der Waals surface area contributed by atoms with Crippen LogP contribution < -0.4 is 39.6 Å². The number of hydrogen-bond acceptors (Lipinski definition) is 25. The van der Waals surface area contributed by atoms with Gasteiger partial charge in [-0.05, 0) is 174 Å². The molecular formula is C78H79BrN16Na2O16S2. The van der Waals surface area contributed by atoms with Gasteiger partial charge in [-0.15, -0.1) is 0 Å². The van der Waals surface area contributed by atoms with Crippen LogP contribution >= 0.6 is 15.9 Å². The first-order valence-corrected chi connectivity index (χ1v) is 47.0. The fourth-order valence-corrected chi connectivity index (χ4v) is 13.2. The molecule has 0 aliphatic heterocycles. The number of halogens is 1. The van der Waals surface area contributed by atoms with Crippen LogP contribution in [-0.4, -0.2) is 115 Å². The molecule has 11 N–H and O–H groups in total. The molecule has 0 aliphatic rings. The number of aromatic nitrogens is 8. The zero-order chi connectivity index (χ0) is 84.6. The van der Waals surface area contributed by atoms with E-state index >= 15 is 0 Å². The summed E-state index contributed by atoms with van der Waals surface area (Å²) < 4.78 is 60.9. The minimum absolute atomic E-state index is 0.0713. The number of nitrogens with two attached hydrogens (primary N) is 4. The van der Waals surface area contributed by atoms with Crippen molar-refractivity contribution in [2.45, 2.75) is 107 Å². The van der Waals surface area contributed by atoms with Gasteiger partial charge in [0.25, 0.3) is 17.1 Å². The summed E-state index contributed by atoms with van der Waals surface area (Å²) in [4.78, 5) is 63.6. The van der Waals surface area contributed by atoms with Crippen LogP contribution in [0.2, 0.25) is 0 Å². The molecule has 115 heavy (non-hydrogen) atoms. The number of nitrogens with one attached hydrogen (secondary N) is 3. The molecule has 0 saturated carbocycles. The molecule has 588 valence electrons. The summed E-state index contributed by atoms with van der Waals surface area (Å²) in [7, 11) is -5.90. The number of nitro groups is 3. The van der Waals surface area contributed by atoms with Gasteiger partial charge in [-0.2, -0.15) is 16.8 Å². The van der Waals surface area contributed by atoms with Crippen molar-refractivity contribution < 1.29 is 49.7 Å². The summed E-state index contributed by atoms with van der Waals surface area (Å²) in [6.45, 7) is 22.2. The van der Waals surface area contributed by atoms with Crippen molar-refractivity contribution in [1.29, 1.82) is 0 Å². The molecule has 4 unspecified atom stereocenters. The van der Waals surface area contributed by atoms with E-state index in [9.17, 15) is 39.9 Å². The second-order valence-corrected chi connectivity index (χ2v) is 29.2. The fraction of sp³-hybridized carbons (Fsp3) is 0.205. The van der Waals surface area contributed by atoms with E-state index in [2.05, 4.69) is 51.8 Å². The zero-order valence-electron chi connectivity index (χ0n) is 65.0. The first-order chi connectivity index (χ1) is 54.6. The predicted molar refractivity (Wildman–Crippen MR) is 446 cm³/mol. The third-order valence-electron chi connectivity index (χ3n) is 18.3. The molecule has 32 nitrogen and oxygen atoms in total. The van der Waals surface area contributed by atoms with Crippen LogP contribution in [-0.2, 0) is 18.5 Å². The average Bonchev–Trinajstić information content (AvgIpc) is 1.62. The van der Waals surface area contributed by atoms with Crippen LogP contribution in [0.3, 0.4) is 0 Å². The number of nitrogens with zero attached hydrogens (tertiary/aromatic N) is 9. The van der Waals surface area contributed by atoms with Crippen molar-refractivity contribution in [2.75, 3.05) is 22.5 Å². The van der Waals surface area contributed by atoms with Crippen LogP contribution in [0.1, 0.15) is 120 Å². The van der Waals surface area contributed by atoms with Crippen LogP contribution in [0.4, 0.5) is 39.8 Å². The van der Waals surface area contributed by atoms with E-state index in [4.69, 9.17) is 57.9 Å². The van der Waals surface area contributed by atoms with Gasteiger partial charge in [0.1, 0.15) is 39.9 Å². The van der Waals surface area contributed by atoms with Gasteiger partial charge in [-0.25, -0.2) is 9.59 Å². The van der Waals surface area contributed by atoms with Gasteiger partial charge in [-0.3, -0.25) is 44.5 Å². The monoisotopic (exact) mass is 1680 g/mol. The first-order valence-electron chi connectivity index (χ1n) is 35.5. The van der Waals surface area contributed by atoms with E-state index in [-0.39, 0.29) is 63.8 Å². The maximum atomic E-state index is 12.7. The molecule has 0 saturated heterocycles. The number of non-ortho nitro benzene ring substituents is 1. The number of aromatic amines is 2. The molecule has 14 aromatic rings. The molecular weight excluding hydrogens is 1610 g/mol. The number of anilines is 4. The van der Waals surface area contributed by atoms with E-state index in [0.29, 0.717) is 83.5 Å². The van der Waals surface area contributed by atoms with Crippen LogP contribution in [0.5, 0.6) is 0 Å². The van der Waals surface area contributed by atoms with Gasteiger partial charge in [0.15, 0.2) is 0 Å². The second-order valence-electron chi connectivity index (χ2n) is 25.9. The molecule has 14 rings (SSSR count). The van der Waals surface area contributed by atoms with Gasteiger partial charge in [-0.1, -0.05) is 142 Å². The number of fused-ring (bicyclic) bond motifs is 2. The van der Waals surface area contributed by atoms with Gasteiger partial charge in [0, 0.05) is 57.0 Å². The number of H-pyrrole nitrogens is 2. The number of nitro benzene ring substituents is 3. The Hall–Kier alpha value is -11.4. The number of benzene rings is 8. The van der Waals surface area contributed by atoms with E-state index in [1.165, 1.54) is 67.4 Å². The first kappa shape index (κ1) is 89.2. The van der Waals surface area contributed by atoms with Crippen molar-refractivity contribution in [3.63, 3.8) is 0 Å². The summed E-state index contributed by atoms with van der Waals surface area (Å²) in [6, 6.07) is 52.4. The summed E-state index contributed by atoms with van der Waals surface area (Å²) in [5.41, 5.74) is 38.7. The molecule has 37 heteroatoms. The van der Waals surface area contributed by atoms with Crippen LogP contribution in [0.25, 0.3) is 66.6 Å². The van der Waals surface area contributed by atoms with Gasteiger partial charge >= 0.3 is 73.5 Å². The molecule has 4 atom stereocenters. The fourth-order valence-electron chi connectivity index (χ4n) is 12.8. The molecule has 8 aromatic carbocycles. The Bertz CT molecular complexity index is 6130. The Morgan fingerprint density at radius 1 is 0.452 bits per heavy atom. The van der Waals surface area contributed by atoms with Crippen LogP contribution in [0.15, 0.2) is 202 Å². The molecule has 0 fully saturated rings. The van der Waals surface area contributed by atoms with Crippen molar-refractivity contribution in [3.05, 3.63) is 294 Å². The number of imidazole rings is 2. The number of aryl methyl sites for hydroxylation is 8. The third kappa shape index (κ3) is 21.3. The minimum atomic E-state index is -2.95. The van der Waals surface area contributed by atoms with Crippen LogP contribution in [0, 0.1) is 85.7 Å². The van der Waals surface area contributed by atoms with Gasteiger partial charge < -0.3 is 51.3 Å². The Balaban J connectivity index is 0.000000181. The van der Waals surface area contributed by atoms with Gasteiger partial charge in [0.05, 0.1) is 77.6 Å². The summed E-state index contributed by atoms with van der Waals surface area (Å²) in [5, 5.41) is 53.1. The normalized spacial score (nSPS) is 11.7. The Labute approximate surface area is 697 Å². The van der Waals surface area contributed by atoms with Gasteiger partial charge in [0.2, 0.25) is 0 Å². The topological polar surface area (TPSA) is 494 Å². The molecule has 6 aromatic heterocycles. The quantitative estimate of drug-likeness (QED) is 0.0217. The van der Waals surface area contributed by atoms with Crippen molar-refractivity contribution in [3.8, 4) is 44.5 Å². The molecule has 0 bridgehead atoms. The molecule has 0 amide bonds. The third-order valence-corrected chi connectivity index (χ3v) is 19.8. The summed E-state index contributed by atoms with van der Waals surface area (Å²) in [5.74, 6) is 2.50. The zero-order valence-corrected chi connectivity index (χ0v) is 72.3. The van der Waals surface area contributed by atoms with E-state index < -0.39 is 39.0 Å². The number of nitrogen functional groups attached to an aromatic ring is 3. The Morgan fingerprint density at radius 3 is 1.10 bits per heavy atom. The van der Waals surface area contributed by atoms with Crippen molar-refractivity contribution >= 4 is 140 Å². The predicted octanol–water partition coefficient (Wildman–Crippen LogP) is 15.3. The molecule has 6 heterocycles. The number of rotatable bonds is 15. The summed E-state index contributed by atoms with van der Waals surface area (Å²) in [6.07, 6.45) is 0. The average molecular weight is 1690 g/mol. The maximum absolute atomic E-state index is 12.7. The molecule has 0 radical (unpaired) electrons. The van der Waals surface area contributed by atoms with E-state index in [1.54, 1.807) is 68.9 Å². The Kier molecular flexibility index (Phi) is 31.1. The molecule has 0 aliphatic carbocycles. The Morgan fingerprint density at radius 2 is 0.765 bits per heavy atom. The standard InChI is InChI=1S/C20H18N4O4.C20H20N4O2.C19H20N4O3.C11H10BrN3O3.C8H11N.2Na.O4S2/c1-11-18(13(3)28-22-11)15-9-16-19(17(10-15)24(26)27)21-20(25)23(16)12(2)14-7-5-4-6-8-14;1-11-18(13(3)26-23-11)15-9-16(21)19-17(10-15)24(20(25)22-19)12(2)14-7-5-4-6-8-14;1-11(14-7-5-4-6-8-14)21-16-9-15(10-17(19(16)20)23(24)25)18-12(2)22-26-13(18)3;1-5-10(6(2)18-14-5)7-3-8(12)11(13)9(4-7)15(16)17;1-7(9)8-5-3-2-4-6-8;;;1-5(2)6(3)4/h4-10,12H,1-3H3,(H,21,25);4-10,12H,21H2,1-3H3,(H,22,25);4-11,21H,20H2,1-3H3;3-4H,13H2,1-2H3;2-7H,9H2,1H3;;;. The van der Waals surface area contributed by atoms with Crippen molar-refractivity contribution in [1.82, 2.24) is 39.7 Å². The van der Waals surface area contributed by atoms with E-state index in [1.807, 2.05) is 175 Å². The summed E-state index contributed by atoms with van der Waals surface area (Å²) >= 11 is 6.11. The second kappa shape index (κ2) is 40.1. The SMILES string of the molecule is CC(N)c1ccccc1.Cc1noc(C)c1-c1cc(Br)c(N)c([N+](=O)[O-])c1.Cc1noc(C)c1-c1cc(N)c2[nH]c(=O)n(C(C)c3ccccc3)c2c1.Cc1noc(C)c1-c1cc(NC(C)c2ccccc2)c(N)c([N+](=O)[O-])c1.Cc1noc(C)c1-c1cc([N+](=O)[O-])c2[nH]c(=O)n(C(C)c3ccccc3)c2c1.O=S(=O)=S(=O)=O.[Na][Na]. The van der Waals surface area contributed by atoms with Crippen molar-refractivity contribution in [2.24, 2.45) is 5.73 Å². The van der Waals surface area contributed by atoms with E-state index in [0.717, 1.165) is 55.9 Å².